The predicted octanol–water partition coefficient (Wildman–Crippen LogP) is 0.0309. The van der Waals surface area contributed by atoms with Gasteiger partial charge in [-0.25, -0.2) is 9.59 Å². The fraction of sp³-hybridized carbons (Fsp3) is 0.833. The number of hydrogen-bond acceptors (Lipinski definition) is 4. The second kappa shape index (κ2) is 7.30. The van der Waals surface area contributed by atoms with Crippen molar-refractivity contribution in [1.82, 2.24) is 10.2 Å². The van der Waals surface area contributed by atoms with E-state index in [1.165, 1.54) is 4.90 Å². The maximum Gasteiger partial charge on any atom is 0.326 e. The molecule has 3 unspecified atom stereocenters. The Kier molecular flexibility index (Phi) is 6.04. The number of carbonyl (C=O) groups is 2. The van der Waals surface area contributed by atoms with E-state index >= 15 is 0 Å². The van der Waals surface area contributed by atoms with Gasteiger partial charge < -0.3 is 25.2 Å². The first-order chi connectivity index (χ1) is 8.97. The van der Waals surface area contributed by atoms with Gasteiger partial charge in [-0.1, -0.05) is 13.3 Å². The molecule has 0 aromatic rings. The van der Waals surface area contributed by atoms with Crippen LogP contribution < -0.4 is 5.32 Å². The quantitative estimate of drug-likeness (QED) is 0.657. The summed E-state index contributed by atoms with van der Waals surface area (Å²) in [7, 11) is 0. The lowest BCUT2D eigenvalue weighted by Gasteiger charge is -2.36. The van der Waals surface area contributed by atoms with Gasteiger partial charge in [0.25, 0.3) is 0 Å². The molecule has 0 aromatic heterocycles. The Balaban J connectivity index is 2.58. The van der Waals surface area contributed by atoms with Crippen molar-refractivity contribution in [3.63, 3.8) is 0 Å². The maximum atomic E-state index is 12.0. The van der Waals surface area contributed by atoms with Crippen LogP contribution in [0, 0.1) is 0 Å². The van der Waals surface area contributed by atoms with Crippen LogP contribution in [0.5, 0.6) is 0 Å². The maximum absolute atomic E-state index is 12.0. The van der Waals surface area contributed by atoms with Crippen LogP contribution in [0.25, 0.3) is 0 Å². The van der Waals surface area contributed by atoms with Gasteiger partial charge in [-0.3, -0.25) is 0 Å². The molecule has 0 saturated carbocycles. The monoisotopic (exact) mass is 274 g/mol. The number of carboxylic acid groups (broad SMARTS) is 1. The number of carbonyl (C=O) groups excluding carboxylic acids is 1. The van der Waals surface area contributed by atoms with Crippen molar-refractivity contribution in [2.75, 3.05) is 19.7 Å². The summed E-state index contributed by atoms with van der Waals surface area (Å²) in [6.45, 7) is 4.17. The molecule has 1 aliphatic heterocycles. The SMILES string of the molecule is CCCC(NC(=O)N1CC(C)OC(CO)C1)C(=O)O. The highest BCUT2D eigenvalue weighted by molar-refractivity contribution is 5.82. The van der Waals surface area contributed by atoms with Crippen LogP contribution in [0.2, 0.25) is 0 Å². The Hall–Kier alpha value is -1.34. The van der Waals surface area contributed by atoms with E-state index < -0.39 is 24.1 Å². The van der Waals surface area contributed by atoms with Gasteiger partial charge in [0.1, 0.15) is 6.04 Å². The summed E-state index contributed by atoms with van der Waals surface area (Å²) in [5.74, 6) is -1.03. The minimum absolute atomic E-state index is 0.161. The highest BCUT2D eigenvalue weighted by Gasteiger charge is 2.30. The third-order valence-corrected chi connectivity index (χ3v) is 2.99. The average Bonchev–Trinajstić information content (AvgIpc) is 2.37. The zero-order valence-corrected chi connectivity index (χ0v) is 11.3. The van der Waals surface area contributed by atoms with Crippen molar-refractivity contribution in [3.8, 4) is 0 Å². The number of aliphatic carboxylic acids is 1. The number of urea groups is 1. The van der Waals surface area contributed by atoms with Crippen LogP contribution in [0.4, 0.5) is 4.79 Å². The van der Waals surface area contributed by atoms with Crippen LogP contribution in [-0.4, -0.2) is 65.1 Å². The number of nitrogens with zero attached hydrogens (tertiary/aromatic N) is 1. The molecule has 0 aliphatic carbocycles. The van der Waals surface area contributed by atoms with Crippen LogP contribution in [-0.2, 0) is 9.53 Å². The van der Waals surface area contributed by atoms with E-state index in [9.17, 15) is 9.59 Å². The lowest BCUT2D eigenvalue weighted by atomic mass is 10.1. The van der Waals surface area contributed by atoms with Crippen LogP contribution in [0.1, 0.15) is 26.7 Å². The third kappa shape index (κ3) is 4.68. The summed E-state index contributed by atoms with van der Waals surface area (Å²) >= 11 is 0. The number of ether oxygens (including phenoxy) is 1. The van der Waals surface area contributed by atoms with E-state index in [4.69, 9.17) is 14.9 Å². The highest BCUT2D eigenvalue weighted by Crippen LogP contribution is 2.11. The van der Waals surface area contributed by atoms with Crippen molar-refractivity contribution in [1.29, 1.82) is 0 Å². The molecule has 1 heterocycles. The summed E-state index contributed by atoms with van der Waals surface area (Å²) in [5.41, 5.74) is 0. The van der Waals surface area contributed by atoms with E-state index in [-0.39, 0.29) is 19.3 Å². The summed E-state index contributed by atoms with van der Waals surface area (Å²) in [6.07, 6.45) is 0.482. The van der Waals surface area contributed by atoms with E-state index in [1.54, 1.807) is 0 Å². The van der Waals surface area contributed by atoms with Crippen molar-refractivity contribution >= 4 is 12.0 Å². The number of aliphatic hydroxyl groups is 1. The zero-order chi connectivity index (χ0) is 14.4. The van der Waals surface area contributed by atoms with Gasteiger partial charge in [-0.15, -0.1) is 0 Å². The number of nitrogens with one attached hydrogen (secondary N) is 1. The van der Waals surface area contributed by atoms with Gasteiger partial charge in [0.2, 0.25) is 0 Å². The van der Waals surface area contributed by atoms with Crippen molar-refractivity contribution in [2.45, 2.75) is 44.9 Å². The Labute approximate surface area is 112 Å². The van der Waals surface area contributed by atoms with E-state index in [2.05, 4.69) is 5.32 Å². The Morgan fingerprint density at radius 3 is 2.68 bits per heavy atom. The van der Waals surface area contributed by atoms with Crippen LogP contribution in [0.15, 0.2) is 0 Å². The standard InChI is InChI=1S/C12H22N2O5/c1-3-4-10(11(16)17)13-12(18)14-5-8(2)19-9(6-14)7-15/h8-10,15H,3-7H2,1-2H3,(H,13,18)(H,16,17). The Bertz CT molecular complexity index is 323. The van der Waals surface area contributed by atoms with Crippen LogP contribution in [0.3, 0.4) is 0 Å². The first-order valence-corrected chi connectivity index (χ1v) is 6.52. The minimum Gasteiger partial charge on any atom is -0.480 e. The lowest BCUT2D eigenvalue weighted by molar-refractivity contribution is -0.139. The first-order valence-electron chi connectivity index (χ1n) is 6.52. The first kappa shape index (κ1) is 15.7. The number of hydrogen-bond donors (Lipinski definition) is 3. The Morgan fingerprint density at radius 2 is 2.16 bits per heavy atom. The number of morpholine rings is 1. The topological polar surface area (TPSA) is 99.1 Å². The molecule has 2 amide bonds. The molecule has 1 fully saturated rings. The van der Waals surface area contributed by atoms with E-state index in [1.807, 2.05) is 13.8 Å². The second-order valence-corrected chi connectivity index (χ2v) is 4.79. The van der Waals surface area contributed by atoms with E-state index in [0.29, 0.717) is 19.4 Å². The van der Waals surface area contributed by atoms with Gasteiger partial charge >= 0.3 is 12.0 Å². The third-order valence-electron chi connectivity index (χ3n) is 2.99. The molecule has 0 aromatic carbocycles. The molecule has 1 aliphatic rings. The number of amides is 2. The van der Waals surface area contributed by atoms with Crippen molar-refractivity contribution in [3.05, 3.63) is 0 Å². The predicted molar refractivity (Wildman–Crippen MR) is 67.9 cm³/mol. The molecule has 0 spiro atoms. The van der Waals surface area contributed by atoms with Gasteiger partial charge in [-0.05, 0) is 13.3 Å². The second-order valence-electron chi connectivity index (χ2n) is 4.79. The summed E-state index contributed by atoms with van der Waals surface area (Å²) in [4.78, 5) is 24.5. The van der Waals surface area contributed by atoms with Gasteiger partial charge in [0, 0.05) is 6.54 Å². The van der Waals surface area contributed by atoms with Gasteiger partial charge in [-0.2, -0.15) is 0 Å². The molecule has 0 radical (unpaired) electrons. The summed E-state index contributed by atoms with van der Waals surface area (Å²) < 4.78 is 5.43. The fourth-order valence-electron chi connectivity index (χ4n) is 2.10. The Morgan fingerprint density at radius 1 is 1.47 bits per heavy atom. The average molecular weight is 274 g/mol. The molecule has 19 heavy (non-hydrogen) atoms. The molecule has 3 N–H and O–H groups in total. The minimum atomic E-state index is -1.03. The molecule has 3 atom stereocenters. The fourth-order valence-corrected chi connectivity index (χ4v) is 2.10. The van der Waals surface area contributed by atoms with Crippen molar-refractivity contribution in [2.24, 2.45) is 0 Å². The lowest BCUT2D eigenvalue weighted by Crippen LogP contribution is -2.55. The molecule has 110 valence electrons. The smallest absolute Gasteiger partial charge is 0.326 e. The zero-order valence-electron chi connectivity index (χ0n) is 11.3. The number of carboxylic acids is 1. The molecular formula is C12H22N2O5. The molecule has 7 heteroatoms. The molecular weight excluding hydrogens is 252 g/mol. The largest absolute Gasteiger partial charge is 0.480 e. The summed E-state index contributed by atoms with van der Waals surface area (Å²) in [6, 6.07) is -1.29. The van der Waals surface area contributed by atoms with Gasteiger partial charge in [0.15, 0.2) is 0 Å². The molecule has 1 rings (SSSR count). The molecule has 1 saturated heterocycles. The summed E-state index contributed by atoms with van der Waals surface area (Å²) in [5, 5.41) is 20.6. The van der Waals surface area contributed by atoms with E-state index in [0.717, 1.165) is 0 Å². The van der Waals surface area contributed by atoms with Gasteiger partial charge in [0.05, 0.1) is 25.4 Å². The molecule has 7 nitrogen and oxygen atoms in total. The molecule has 0 bridgehead atoms. The highest BCUT2D eigenvalue weighted by atomic mass is 16.5. The van der Waals surface area contributed by atoms with Crippen LogP contribution >= 0.6 is 0 Å². The van der Waals surface area contributed by atoms with Crippen molar-refractivity contribution < 1.29 is 24.5 Å². The normalized spacial score (nSPS) is 24.9. The number of rotatable bonds is 5. The number of aliphatic hydroxyl groups excluding tert-OH is 1.